The molecule has 0 aliphatic rings. The monoisotopic (exact) mass is 249 g/mol. The van der Waals surface area contributed by atoms with Crippen molar-refractivity contribution in [3.63, 3.8) is 0 Å². The van der Waals surface area contributed by atoms with Gasteiger partial charge in [-0.05, 0) is 24.3 Å². The Morgan fingerprint density at radius 3 is 2.67 bits per heavy atom. The van der Waals surface area contributed by atoms with Gasteiger partial charge >= 0.3 is 5.69 Å². The maximum Gasteiger partial charge on any atom is 0.323 e. The van der Waals surface area contributed by atoms with Gasteiger partial charge in [0.25, 0.3) is 0 Å². The highest BCUT2D eigenvalue weighted by Gasteiger charge is 2.09. The molecule has 1 atom stereocenters. The minimum Gasteiger partial charge on any atom is -0.497 e. The third-order valence-corrected chi connectivity index (χ3v) is 2.57. The van der Waals surface area contributed by atoms with E-state index in [0.717, 1.165) is 11.4 Å². The lowest BCUT2D eigenvalue weighted by atomic mass is 10.2. The van der Waals surface area contributed by atoms with Crippen LogP contribution in [0, 0.1) is 0 Å². The summed E-state index contributed by atoms with van der Waals surface area (Å²) in [6, 6.07) is 7.36. The van der Waals surface area contributed by atoms with Gasteiger partial charge in [-0.15, -0.1) is 0 Å². The van der Waals surface area contributed by atoms with Crippen molar-refractivity contribution in [3.05, 3.63) is 46.6 Å². The minimum atomic E-state index is -0.772. The quantitative estimate of drug-likeness (QED) is 0.632. The fraction of sp³-hybridized carbons (Fsp3) is 0.250. The van der Waals surface area contributed by atoms with E-state index in [1.165, 1.54) is 6.20 Å². The van der Waals surface area contributed by atoms with E-state index in [1.807, 2.05) is 24.3 Å². The molecule has 0 spiro atoms. The summed E-state index contributed by atoms with van der Waals surface area (Å²) in [7, 11) is 1.61. The molecule has 0 aliphatic carbocycles. The summed E-state index contributed by atoms with van der Waals surface area (Å²) in [6.45, 7) is 0.306. The van der Waals surface area contributed by atoms with Gasteiger partial charge in [0.1, 0.15) is 11.9 Å². The zero-order chi connectivity index (χ0) is 13.0. The number of anilines is 1. The molecular weight excluding hydrogens is 234 g/mol. The Morgan fingerprint density at radius 2 is 2.11 bits per heavy atom. The van der Waals surface area contributed by atoms with Crippen LogP contribution >= 0.6 is 0 Å². The molecule has 6 nitrogen and oxygen atoms in total. The largest absolute Gasteiger partial charge is 0.497 e. The summed E-state index contributed by atoms with van der Waals surface area (Å²) in [5.74, 6) is 0.774. The number of benzene rings is 1. The van der Waals surface area contributed by atoms with Gasteiger partial charge in [0, 0.05) is 18.4 Å². The fourth-order valence-electron chi connectivity index (χ4n) is 1.56. The molecule has 18 heavy (non-hydrogen) atoms. The zero-order valence-electron chi connectivity index (χ0n) is 9.93. The average molecular weight is 249 g/mol. The van der Waals surface area contributed by atoms with Crippen LogP contribution in [0.15, 0.2) is 35.3 Å². The van der Waals surface area contributed by atoms with Gasteiger partial charge in [-0.3, -0.25) is 0 Å². The third kappa shape index (κ3) is 2.92. The van der Waals surface area contributed by atoms with Crippen LogP contribution < -0.4 is 15.7 Å². The van der Waals surface area contributed by atoms with E-state index in [4.69, 9.17) is 4.74 Å². The van der Waals surface area contributed by atoms with Crippen LogP contribution in [0.4, 0.5) is 5.69 Å². The van der Waals surface area contributed by atoms with Crippen molar-refractivity contribution >= 4 is 5.69 Å². The highest BCUT2D eigenvalue weighted by molar-refractivity contribution is 5.46. The molecule has 96 valence electrons. The number of H-pyrrole nitrogens is 2. The lowest BCUT2D eigenvalue weighted by Gasteiger charge is -2.11. The van der Waals surface area contributed by atoms with Crippen molar-refractivity contribution in [2.24, 2.45) is 0 Å². The topological polar surface area (TPSA) is 90.1 Å². The molecule has 4 N–H and O–H groups in total. The molecule has 6 heteroatoms. The van der Waals surface area contributed by atoms with E-state index >= 15 is 0 Å². The van der Waals surface area contributed by atoms with E-state index in [9.17, 15) is 9.90 Å². The lowest BCUT2D eigenvalue weighted by molar-refractivity contribution is 0.187. The highest BCUT2D eigenvalue weighted by atomic mass is 16.5. The first kappa shape index (κ1) is 12.3. The van der Waals surface area contributed by atoms with Crippen molar-refractivity contribution in [1.82, 2.24) is 9.97 Å². The van der Waals surface area contributed by atoms with E-state index in [-0.39, 0.29) is 5.69 Å². The molecule has 0 radical (unpaired) electrons. The van der Waals surface area contributed by atoms with Crippen molar-refractivity contribution < 1.29 is 9.84 Å². The number of aliphatic hydroxyl groups excluding tert-OH is 1. The summed E-state index contributed by atoms with van der Waals surface area (Å²) in [5.41, 5.74) is 1.00. The van der Waals surface area contributed by atoms with Crippen LogP contribution in [-0.2, 0) is 0 Å². The third-order valence-electron chi connectivity index (χ3n) is 2.57. The Labute approximate surface area is 104 Å². The molecule has 2 rings (SSSR count). The Bertz CT molecular complexity index is 544. The number of ether oxygens (including phenoxy) is 1. The summed E-state index contributed by atoms with van der Waals surface area (Å²) < 4.78 is 5.05. The van der Waals surface area contributed by atoms with Crippen LogP contribution in [0.25, 0.3) is 0 Å². The second-order valence-corrected chi connectivity index (χ2v) is 3.82. The molecular formula is C12H15N3O3. The first-order valence-corrected chi connectivity index (χ1v) is 5.52. The molecule has 2 aromatic rings. The minimum absolute atomic E-state index is 0.306. The maximum atomic E-state index is 10.9. The van der Waals surface area contributed by atoms with Gasteiger partial charge in [0.2, 0.25) is 0 Å². The van der Waals surface area contributed by atoms with Gasteiger partial charge in [0.05, 0.1) is 12.8 Å². The number of rotatable bonds is 5. The van der Waals surface area contributed by atoms with Crippen LogP contribution in [0.2, 0.25) is 0 Å². The number of hydrogen-bond donors (Lipinski definition) is 4. The predicted molar refractivity (Wildman–Crippen MR) is 67.9 cm³/mol. The smallest absolute Gasteiger partial charge is 0.323 e. The van der Waals surface area contributed by atoms with Gasteiger partial charge in [-0.25, -0.2) is 4.79 Å². The van der Waals surface area contributed by atoms with Crippen LogP contribution in [0.1, 0.15) is 11.8 Å². The fourth-order valence-corrected chi connectivity index (χ4v) is 1.56. The average Bonchev–Trinajstić information content (AvgIpc) is 2.83. The summed E-state index contributed by atoms with van der Waals surface area (Å²) in [6.07, 6.45) is 0.689. The van der Waals surface area contributed by atoms with Gasteiger partial charge in [-0.1, -0.05) is 0 Å². The van der Waals surface area contributed by atoms with Crippen LogP contribution in [0.3, 0.4) is 0 Å². The standard InChI is InChI=1S/C12H15N3O3/c1-18-9-4-2-8(3-5-9)13-7-11(16)10-6-14-12(17)15-10/h2-6,11,13,16H,7H2,1H3,(H2,14,15,17). The number of aliphatic hydroxyl groups is 1. The number of imidazole rings is 1. The van der Waals surface area contributed by atoms with Crippen molar-refractivity contribution in [2.45, 2.75) is 6.10 Å². The Morgan fingerprint density at radius 1 is 1.39 bits per heavy atom. The molecule has 0 bridgehead atoms. The molecule has 0 saturated heterocycles. The van der Waals surface area contributed by atoms with E-state index < -0.39 is 6.10 Å². The number of aromatic amines is 2. The van der Waals surface area contributed by atoms with Crippen LogP contribution in [0.5, 0.6) is 5.75 Å². The van der Waals surface area contributed by atoms with Crippen molar-refractivity contribution in [3.8, 4) is 5.75 Å². The molecule has 1 unspecified atom stereocenters. The number of aromatic nitrogens is 2. The molecule has 1 aromatic carbocycles. The Hall–Kier alpha value is -2.21. The van der Waals surface area contributed by atoms with Gasteiger partial charge in [0.15, 0.2) is 0 Å². The summed E-state index contributed by atoms with van der Waals surface area (Å²) in [4.78, 5) is 15.8. The van der Waals surface area contributed by atoms with Crippen molar-refractivity contribution in [2.75, 3.05) is 19.0 Å². The maximum absolute atomic E-state index is 10.9. The Balaban J connectivity index is 1.92. The van der Waals surface area contributed by atoms with E-state index in [2.05, 4.69) is 15.3 Å². The molecule has 0 fully saturated rings. The molecule has 0 amide bonds. The number of hydrogen-bond acceptors (Lipinski definition) is 4. The normalized spacial score (nSPS) is 12.1. The second kappa shape index (κ2) is 5.42. The zero-order valence-corrected chi connectivity index (χ0v) is 9.93. The number of nitrogens with one attached hydrogen (secondary N) is 3. The molecule has 1 aromatic heterocycles. The SMILES string of the molecule is COc1ccc(NCC(O)c2c[nH]c(=O)[nH]2)cc1. The van der Waals surface area contributed by atoms with Gasteiger partial charge in [-0.2, -0.15) is 0 Å². The first-order valence-electron chi connectivity index (χ1n) is 5.52. The number of methoxy groups -OCH3 is 1. The first-order chi connectivity index (χ1) is 8.69. The van der Waals surface area contributed by atoms with E-state index in [0.29, 0.717) is 12.2 Å². The summed E-state index contributed by atoms with van der Waals surface area (Å²) in [5, 5.41) is 12.9. The van der Waals surface area contributed by atoms with Gasteiger partial charge < -0.3 is 25.1 Å². The highest BCUT2D eigenvalue weighted by Crippen LogP contribution is 2.16. The Kier molecular flexibility index (Phi) is 3.69. The van der Waals surface area contributed by atoms with E-state index in [1.54, 1.807) is 7.11 Å². The summed E-state index contributed by atoms with van der Waals surface area (Å²) >= 11 is 0. The van der Waals surface area contributed by atoms with Crippen molar-refractivity contribution in [1.29, 1.82) is 0 Å². The second-order valence-electron chi connectivity index (χ2n) is 3.82. The lowest BCUT2D eigenvalue weighted by Crippen LogP contribution is -2.13. The van der Waals surface area contributed by atoms with Crippen LogP contribution in [-0.4, -0.2) is 28.7 Å². The molecule has 0 aliphatic heterocycles. The molecule has 1 heterocycles. The molecule has 0 saturated carbocycles. The predicted octanol–water partition coefficient (Wildman–Crippen LogP) is 0.857.